The van der Waals surface area contributed by atoms with E-state index >= 15 is 0 Å². The lowest BCUT2D eigenvalue weighted by Gasteiger charge is -2.07. The molecule has 3 heteroatoms. The Kier molecular flexibility index (Phi) is 2.77. The van der Waals surface area contributed by atoms with Gasteiger partial charge in [0.1, 0.15) is 5.75 Å². The largest absolute Gasteiger partial charge is 0.439 e. The van der Waals surface area contributed by atoms with Gasteiger partial charge < -0.3 is 10.5 Å². The molecule has 0 amide bonds. The van der Waals surface area contributed by atoms with E-state index in [-0.39, 0.29) is 0 Å². The summed E-state index contributed by atoms with van der Waals surface area (Å²) in [5.74, 6) is 1.31. The average molecular weight is 214 g/mol. The Morgan fingerprint density at radius 3 is 2.38 bits per heavy atom. The molecule has 3 nitrogen and oxygen atoms in total. The molecule has 0 spiro atoms. The zero-order valence-electron chi connectivity index (χ0n) is 9.40. The smallest absolute Gasteiger partial charge is 0.221 e. The number of hydrogen-bond donors (Lipinski definition) is 1. The first-order chi connectivity index (χ1) is 7.63. The van der Waals surface area contributed by atoms with Crippen LogP contribution in [-0.4, -0.2) is 4.98 Å². The first-order valence-electron chi connectivity index (χ1n) is 5.11. The normalized spacial score (nSPS) is 10.1. The first-order valence-corrected chi connectivity index (χ1v) is 5.11. The van der Waals surface area contributed by atoms with Crippen LogP contribution in [0.25, 0.3) is 0 Å². The maximum absolute atomic E-state index is 5.65. The molecule has 0 atom stereocenters. The quantitative estimate of drug-likeness (QED) is 0.835. The Hall–Kier alpha value is -2.03. The number of aryl methyl sites for hydroxylation is 2. The Morgan fingerprint density at radius 2 is 1.75 bits per heavy atom. The molecule has 0 aliphatic rings. The molecule has 1 aromatic carbocycles. The van der Waals surface area contributed by atoms with Gasteiger partial charge >= 0.3 is 0 Å². The van der Waals surface area contributed by atoms with E-state index in [1.807, 2.05) is 26.0 Å². The van der Waals surface area contributed by atoms with E-state index in [0.29, 0.717) is 11.6 Å². The van der Waals surface area contributed by atoms with Gasteiger partial charge in [-0.1, -0.05) is 6.07 Å². The van der Waals surface area contributed by atoms with Gasteiger partial charge in [0.2, 0.25) is 5.88 Å². The second-order valence-electron chi connectivity index (χ2n) is 3.85. The number of pyridine rings is 1. The molecule has 0 unspecified atom stereocenters. The van der Waals surface area contributed by atoms with Gasteiger partial charge in [-0.3, -0.25) is 0 Å². The Labute approximate surface area is 94.9 Å². The van der Waals surface area contributed by atoms with E-state index in [2.05, 4.69) is 11.1 Å². The van der Waals surface area contributed by atoms with Gasteiger partial charge in [-0.25, -0.2) is 4.98 Å². The summed E-state index contributed by atoms with van der Waals surface area (Å²) in [7, 11) is 0. The number of nitrogens with two attached hydrogens (primary N) is 1. The molecule has 2 rings (SSSR count). The summed E-state index contributed by atoms with van der Waals surface area (Å²) in [5.41, 5.74) is 8.63. The van der Waals surface area contributed by atoms with Crippen LogP contribution in [0.15, 0.2) is 36.5 Å². The first kappa shape index (κ1) is 10.5. The summed E-state index contributed by atoms with van der Waals surface area (Å²) in [6.07, 6.45) is 1.63. The third-order valence-electron chi connectivity index (χ3n) is 2.18. The van der Waals surface area contributed by atoms with Crippen molar-refractivity contribution in [3.63, 3.8) is 0 Å². The van der Waals surface area contributed by atoms with Gasteiger partial charge in [0.25, 0.3) is 0 Å². The third kappa shape index (κ3) is 2.51. The summed E-state index contributed by atoms with van der Waals surface area (Å²) >= 11 is 0. The lowest BCUT2D eigenvalue weighted by Crippen LogP contribution is -1.91. The average Bonchev–Trinajstić information content (AvgIpc) is 2.15. The zero-order chi connectivity index (χ0) is 11.5. The van der Waals surface area contributed by atoms with Gasteiger partial charge in [-0.2, -0.15) is 0 Å². The fourth-order valence-electron chi connectivity index (χ4n) is 1.59. The Balaban J connectivity index is 2.27. The van der Waals surface area contributed by atoms with E-state index in [1.54, 1.807) is 18.3 Å². The minimum atomic E-state index is 0.519. The number of benzene rings is 1. The summed E-state index contributed by atoms with van der Waals surface area (Å²) in [6, 6.07) is 9.47. The molecule has 1 heterocycles. The molecule has 1 aromatic heterocycles. The Bertz CT molecular complexity index is 489. The molecular weight excluding hydrogens is 200 g/mol. The number of nitrogen functional groups attached to an aromatic ring is 1. The highest BCUT2D eigenvalue weighted by atomic mass is 16.5. The summed E-state index contributed by atoms with van der Waals surface area (Å²) in [6.45, 7) is 4.07. The predicted molar refractivity (Wildman–Crippen MR) is 64.6 cm³/mol. The molecule has 0 fully saturated rings. The Morgan fingerprint density at radius 1 is 1.06 bits per heavy atom. The lowest BCUT2D eigenvalue weighted by atomic mass is 10.1. The monoisotopic (exact) mass is 214 g/mol. The number of aromatic nitrogens is 1. The molecule has 2 aromatic rings. The van der Waals surface area contributed by atoms with Crippen LogP contribution in [0.1, 0.15) is 11.1 Å². The van der Waals surface area contributed by atoms with Gasteiger partial charge in [0.05, 0.1) is 0 Å². The van der Waals surface area contributed by atoms with Gasteiger partial charge in [-0.05, 0) is 43.2 Å². The molecule has 2 N–H and O–H groups in total. The van der Waals surface area contributed by atoms with Gasteiger partial charge in [-0.15, -0.1) is 0 Å². The molecule has 0 radical (unpaired) electrons. The second-order valence-corrected chi connectivity index (χ2v) is 3.85. The molecule has 0 aliphatic carbocycles. The number of rotatable bonds is 2. The molecule has 16 heavy (non-hydrogen) atoms. The van der Waals surface area contributed by atoms with Crippen LogP contribution in [0.5, 0.6) is 11.6 Å². The second kappa shape index (κ2) is 4.23. The van der Waals surface area contributed by atoms with Crippen molar-refractivity contribution in [2.24, 2.45) is 0 Å². The third-order valence-corrected chi connectivity index (χ3v) is 2.18. The highest BCUT2D eigenvalue weighted by Crippen LogP contribution is 2.23. The fraction of sp³-hybridized carbons (Fsp3) is 0.154. The molecule has 0 saturated heterocycles. The summed E-state index contributed by atoms with van der Waals surface area (Å²) < 4.78 is 5.63. The van der Waals surface area contributed by atoms with E-state index < -0.39 is 0 Å². The topological polar surface area (TPSA) is 48.1 Å². The van der Waals surface area contributed by atoms with E-state index in [1.165, 1.54) is 11.1 Å². The summed E-state index contributed by atoms with van der Waals surface area (Å²) in [5, 5.41) is 0. The number of anilines is 1. The van der Waals surface area contributed by atoms with Crippen LogP contribution in [0.3, 0.4) is 0 Å². The number of ether oxygens (including phenoxy) is 1. The maximum atomic E-state index is 5.65. The molecular formula is C13H14N2O. The van der Waals surface area contributed by atoms with Crippen LogP contribution in [0, 0.1) is 13.8 Å². The van der Waals surface area contributed by atoms with E-state index in [9.17, 15) is 0 Å². The van der Waals surface area contributed by atoms with Crippen LogP contribution < -0.4 is 10.5 Å². The van der Waals surface area contributed by atoms with Gasteiger partial charge in [0.15, 0.2) is 0 Å². The van der Waals surface area contributed by atoms with Crippen molar-refractivity contribution in [2.75, 3.05) is 5.73 Å². The van der Waals surface area contributed by atoms with E-state index in [4.69, 9.17) is 10.5 Å². The van der Waals surface area contributed by atoms with Crippen molar-refractivity contribution >= 4 is 5.69 Å². The van der Waals surface area contributed by atoms with Crippen LogP contribution in [0.4, 0.5) is 5.69 Å². The fourth-order valence-corrected chi connectivity index (χ4v) is 1.59. The zero-order valence-corrected chi connectivity index (χ0v) is 9.40. The highest BCUT2D eigenvalue weighted by molar-refractivity contribution is 5.42. The summed E-state index contributed by atoms with van der Waals surface area (Å²) in [4.78, 5) is 4.09. The minimum Gasteiger partial charge on any atom is -0.439 e. The van der Waals surface area contributed by atoms with Crippen molar-refractivity contribution in [1.29, 1.82) is 0 Å². The minimum absolute atomic E-state index is 0.519. The van der Waals surface area contributed by atoms with Crippen LogP contribution in [-0.2, 0) is 0 Å². The number of hydrogen-bond acceptors (Lipinski definition) is 3. The van der Waals surface area contributed by atoms with Crippen molar-refractivity contribution < 1.29 is 4.74 Å². The van der Waals surface area contributed by atoms with Crippen molar-refractivity contribution in [3.8, 4) is 11.6 Å². The van der Waals surface area contributed by atoms with Crippen LogP contribution in [0.2, 0.25) is 0 Å². The van der Waals surface area contributed by atoms with E-state index in [0.717, 1.165) is 5.75 Å². The van der Waals surface area contributed by atoms with Crippen molar-refractivity contribution in [1.82, 2.24) is 4.98 Å². The molecule has 0 aliphatic heterocycles. The lowest BCUT2D eigenvalue weighted by molar-refractivity contribution is 0.462. The molecule has 0 bridgehead atoms. The standard InChI is InChI=1S/C13H14N2O/c1-9-5-10(2)7-12(6-9)16-13-8-11(14)3-4-15-13/h3-8H,1-2H3,(H2,14,15). The predicted octanol–water partition coefficient (Wildman–Crippen LogP) is 3.07. The number of nitrogens with zero attached hydrogens (tertiary/aromatic N) is 1. The van der Waals surface area contributed by atoms with Gasteiger partial charge in [0, 0.05) is 18.0 Å². The maximum Gasteiger partial charge on any atom is 0.221 e. The van der Waals surface area contributed by atoms with Crippen molar-refractivity contribution in [2.45, 2.75) is 13.8 Å². The van der Waals surface area contributed by atoms with Crippen LogP contribution >= 0.6 is 0 Å². The molecule has 0 saturated carbocycles. The van der Waals surface area contributed by atoms with Crippen molar-refractivity contribution in [3.05, 3.63) is 47.7 Å². The highest BCUT2D eigenvalue weighted by Gasteiger charge is 2.00. The SMILES string of the molecule is Cc1cc(C)cc(Oc2cc(N)ccn2)c1. The molecule has 82 valence electrons.